The van der Waals surface area contributed by atoms with Crippen molar-refractivity contribution in [1.29, 1.82) is 0 Å². The topological polar surface area (TPSA) is 35.5 Å². The van der Waals surface area contributed by atoms with Crippen molar-refractivity contribution in [3.63, 3.8) is 0 Å². The van der Waals surface area contributed by atoms with Gasteiger partial charge in [0.15, 0.2) is 0 Å². The van der Waals surface area contributed by atoms with Crippen molar-refractivity contribution >= 4 is 5.97 Å². The van der Waals surface area contributed by atoms with Crippen LogP contribution in [0.1, 0.15) is 64.4 Å². The molecule has 0 heterocycles. The number of ether oxygens (including phenoxy) is 2. The maximum absolute atomic E-state index is 11.7. The quantitative estimate of drug-likeness (QED) is 0.169. The highest BCUT2D eigenvalue weighted by Crippen LogP contribution is 2.21. The monoisotopic (exact) mass is 318 g/mol. The molecule has 128 valence electrons. The summed E-state index contributed by atoms with van der Waals surface area (Å²) >= 11 is 0. The van der Waals surface area contributed by atoms with E-state index >= 15 is 0 Å². The van der Waals surface area contributed by atoms with Crippen molar-refractivity contribution in [3.05, 3.63) is 42.2 Å². The SMILES string of the molecule is CCCCCCCCCc1ccccc1OC(=O)C=COCC. The third-order valence-corrected chi connectivity index (χ3v) is 3.70. The van der Waals surface area contributed by atoms with Gasteiger partial charge in [0.05, 0.1) is 18.9 Å². The second-order valence-electron chi connectivity index (χ2n) is 5.66. The number of carbonyl (C=O) groups is 1. The Hall–Kier alpha value is -1.77. The largest absolute Gasteiger partial charge is 0.501 e. The maximum atomic E-state index is 11.7. The van der Waals surface area contributed by atoms with Crippen LogP contribution in [0.15, 0.2) is 36.6 Å². The van der Waals surface area contributed by atoms with Crippen LogP contribution in [0, 0.1) is 0 Å². The number of para-hydroxylation sites is 1. The Kier molecular flexibility index (Phi) is 10.7. The van der Waals surface area contributed by atoms with Crippen LogP contribution in [0.4, 0.5) is 0 Å². The van der Waals surface area contributed by atoms with Gasteiger partial charge in [-0.3, -0.25) is 0 Å². The van der Waals surface area contributed by atoms with E-state index in [0.717, 1.165) is 18.4 Å². The smallest absolute Gasteiger partial charge is 0.339 e. The number of rotatable bonds is 12. The van der Waals surface area contributed by atoms with E-state index in [0.29, 0.717) is 12.4 Å². The molecular formula is C20H30O3. The fourth-order valence-electron chi connectivity index (χ4n) is 2.42. The molecule has 0 aliphatic heterocycles. The molecule has 1 aromatic rings. The van der Waals surface area contributed by atoms with Gasteiger partial charge in [0.1, 0.15) is 5.75 Å². The first-order chi connectivity index (χ1) is 11.3. The Morgan fingerprint density at radius 3 is 2.43 bits per heavy atom. The van der Waals surface area contributed by atoms with Crippen LogP contribution in [0.5, 0.6) is 5.75 Å². The summed E-state index contributed by atoms with van der Waals surface area (Å²) in [4.78, 5) is 11.7. The molecule has 0 saturated heterocycles. The Morgan fingerprint density at radius 2 is 1.70 bits per heavy atom. The highest BCUT2D eigenvalue weighted by Gasteiger charge is 2.06. The average Bonchev–Trinajstić information content (AvgIpc) is 2.55. The summed E-state index contributed by atoms with van der Waals surface area (Å²) in [6.07, 6.45) is 12.6. The Labute approximate surface area is 140 Å². The van der Waals surface area contributed by atoms with E-state index in [-0.39, 0.29) is 0 Å². The van der Waals surface area contributed by atoms with E-state index < -0.39 is 5.97 Å². The second kappa shape index (κ2) is 12.7. The minimum Gasteiger partial charge on any atom is -0.501 e. The van der Waals surface area contributed by atoms with Crippen LogP contribution in [-0.4, -0.2) is 12.6 Å². The number of hydrogen-bond acceptors (Lipinski definition) is 3. The number of carbonyl (C=O) groups excluding carboxylic acids is 1. The molecule has 0 unspecified atom stereocenters. The fourth-order valence-corrected chi connectivity index (χ4v) is 2.42. The van der Waals surface area contributed by atoms with Crippen molar-refractivity contribution in [3.8, 4) is 5.75 Å². The summed E-state index contributed by atoms with van der Waals surface area (Å²) < 4.78 is 10.4. The molecule has 0 aliphatic rings. The van der Waals surface area contributed by atoms with Gasteiger partial charge in [-0.05, 0) is 31.4 Å². The van der Waals surface area contributed by atoms with Gasteiger partial charge in [-0.25, -0.2) is 4.79 Å². The van der Waals surface area contributed by atoms with E-state index in [1.807, 2.05) is 31.2 Å². The van der Waals surface area contributed by atoms with Gasteiger partial charge in [0, 0.05) is 0 Å². The summed E-state index contributed by atoms with van der Waals surface area (Å²) in [5.41, 5.74) is 1.10. The molecule has 1 aromatic carbocycles. The third kappa shape index (κ3) is 9.07. The molecule has 0 spiro atoms. The zero-order valence-corrected chi connectivity index (χ0v) is 14.6. The van der Waals surface area contributed by atoms with Crippen LogP contribution in [0.3, 0.4) is 0 Å². The summed E-state index contributed by atoms with van der Waals surface area (Å²) in [7, 11) is 0. The Balaban J connectivity index is 2.37. The van der Waals surface area contributed by atoms with Crippen molar-refractivity contribution in [2.24, 2.45) is 0 Å². The lowest BCUT2D eigenvalue weighted by molar-refractivity contribution is -0.129. The van der Waals surface area contributed by atoms with Gasteiger partial charge in [-0.2, -0.15) is 0 Å². The predicted octanol–water partition coefficient (Wildman–Crippen LogP) is 5.44. The number of aryl methyl sites for hydroxylation is 1. The first-order valence-corrected chi connectivity index (χ1v) is 8.85. The van der Waals surface area contributed by atoms with Gasteiger partial charge in [-0.1, -0.05) is 63.6 Å². The highest BCUT2D eigenvalue weighted by atomic mass is 16.5. The van der Waals surface area contributed by atoms with Crippen molar-refractivity contribution in [2.75, 3.05) is 6.61 Å². The molecule has 0 fully saturated rings. The molecule has 23 heavy (non-hydrogen) atoms. The van der Waals surface area contributed by atoms with Crippen molar-refractivity contribution in [1.82, 2.24) is 0 Å². The molecular weight excluding hydrogens is 288 g/mol. The molecule has 1 rings (SSSR count). The lowest BCUT2D eigenvalue weighted by Gasteiger charge is -2.08. The minimum atomic E-state index is -0.398. The predicted molar refractivity (Wildman–Crippen MR) is 94.5 cm³/mol. The molecule has 0 aromatic heterocycles. The van der Waals surface area contributed by atoms with Crippen molar-refractivity contribution < 1.29 is 14.3 Å². The molecule has 0 N–H and O–H groups in total. The van der Waals surface area contributed by atoms with Gasteiger partial charge in [-0.15, -0.1) is 0 Å². The fraction of sp³-hybridized carbons (Fsp3) is 0.550. The standard InChI is InChI=1S/C20H30O3/c1-3-5-6-7-8-9-10-13-18-14-11-12-15-19(18)23-20(21)16-17-22-4-2/h11-12,14-17H,3-10,13H2,1-2H3. The van der Waals surface area contributed by atoms with E-state index in [1.165, 1.54) is 50.9 Å². The second-order valence-corrected chi connectivity index (χ2v) is 5.66. The molecule has 0 saturated carbocycles. The van der Waals surface area contributed by atoms with Gasteiger partial charge in [0.25, 0.3) is 0 Å². The minimum absolute atomic E-state index is 0.398. The average molecular weight is 318 g/mol. The van der Waals surface area contributed by atoms with Gasteiger partial charge in [0.2, 0.25) is 0 Å². The van der Waals surface area contributed by atoms with Crippen LogP contribution in [0.2, 0.25) is 0 Å². The Bertz CT molecular complexity index is 466. The van der Waals surface area contributed by atoms with E-state index in [1.54, 1.807) is 0 Å². The molecule has 3 nitrogen and oxygen atoms in total. The highest BCUT2D eigenvalue weighted by molar-refractivity contribution is 5.83. The summed E-state index contributed by atoms with van der Waals surface area (Å²) in [5.74, 6) is 0.259. The van der Waals surface area contributed by atoms with E-state index in [4.69, 9.17) is 9.47 Å². The van der Waals surface area contributed by atoms with Crippen LogP contribution < -0.4 is 4.74 Å². The zero-order valence-electron chi connectivity index (χ0n) is 14.6. The molecule has 3 heteroatoms. The number of benzene rings is 1. The number of esters is 1. The van der Waals surface area contributed by atoms with Crippen LogP contribution >= 0.6 is 0 Å². The first-order valence-electron chi connectivity index (χ1n) is 8.85. The van der Waals surface area contributed by atoms with Crippen LogP contribution in [-0.2, 0) is 16.0 Å². The third-order valence-electron chi connectivity index (χ3n) is 3.70. The van der Waals surface area contributed by atoms with E-state index in [2.05, 4.69) is 6.92 Å². The lowest BCUT2D eigenvalue weighted by atomic mass is 10.0. The number of hydrogen-bond donors (Lipinski definition) is 0. The molecule has 0 aliphatic carbocycles. The Morgan fingerprint density at radius 1 is 1.00 bits per heavy atom. The maximum Gasteiger partial charge on any atom is 0.339 e. The number of unbranched alkanes of at least 4 members (excludes halogenated alkanes) is 6. The van der Waals surface area contributed by atoms with Gasteiger partial charge < -0.3 is 9.47 Å². The zero-order chi connectivity index (χ0) is 16.8. The van der Waals surface area contributed by atoms with E-state index in [9.17, 15) is 4.79 Å². The van der Waals surface area contributed by atoms with Gasteiger partial charge >= 0.3 is 5.97 Å². The molecule has 0 amide bonds. The lowest BCUT2D eigenvalue weighted by Crippen LogP contribution is -2.06. The van der Waals surface area contributed by atoms with Crippen LogP contribution in [0.25, 0.3) is 0 Å². The molecule has 0 atom stereocenters. The molecule has 0 radical (unpaired) electrons. The normalized spacial score (nSPS) is 10.9. The van der Waals surface area contributed by atoms with Crippen molar-refractivity contribution in [2.45, 2.75) is 65.2 Å². The molecule has 0 bridgehead atoms. The summed E-state index contributed by atoms with van der Waals surface area (Å²) in [6, 6.07) is 7.77. The summed E-state index contributed by atoms with van der Waals surface area (Å²) in [5, 5.41) is 0. The first kappa shape index (κ1) is 19.3. The summed E-state index contributed by atoms with van der Waals surface area (Å²) in [6.45, 7) is 4.65.